The zero-order valence-corrected chi connectivity index (χ0v) is 16.3. The van der Waals surface area contributed by atoms with Gasteiger partial charge < -0.3 is 14.8 Å². The molecule has 150 valence electrons. The SMILES string of the molecule is C[C@@H](C(=O)NC[C@H]1COc2ccccc2O1)N(c1ccccc1F)S(C)(=O)=O. The van der Waals surface area contributed by atoms with E-state index in [9.17, 15) is 17.6 Å². The van der Waals surface area contributed by atoms with Gasteiger partial charge in [0.25, 0.3) is 0 Å². The van der Waals surface area contributed by atoms with Crippen molar-refractivity contribution in [3.63, 3.8) is 0 Å². The molecule has 9 heteroatoms. The second-order valence-electron chi connectivity index (χ2n) is 6.43. The zero-order chi connectivity index (χ0) is 20.3. The predicted octanol–water partition coefficient (Wildman–Crippen LogP) is 1.94. The average molecular weight is 408 g/mol. The van der Waals surface area contributed by atoms with Crippen LogP contribution in [0.5, 0.6) is 11.5 Å². The van der Waals surface area contributed by atoms with Crippen LogP contribution in [0.4, 0.5) is 10.1 Å². The van der Waals surface area contributed by atoms with Gasteiger partial charge in [0.15, 0.2) is 11.5 Å². The van der Waals surface area contributed by atoms with Crippen LogP contribution in [0, 0.1) is 5.82 Å². The number of anilines is 1. The Labute approximate surface area is 163 Å². The van der Waals surface area contributed by atoms with Crippen molar-refractivity contribution in [1.29, 1.82) is 0 Å². The number of amides is 1. The standard InChI is InChI=1S/C19H21FN2O5S/c1-13(22(28(2,24)25)16-8-4-3-7-15(16)20)19(23)21-11-14-12-26-17-9-5-6-10-18(17)27-14/h3-10,13-14H,11-12H2,1-2H3,(H,21,23)/t13-,14-/m0/s1. The van der Waals surface area contributed by atoms with E-state index in [-0.39, 0.29) is 18.8 Å². The van der Waals surface area contributed by atoms with Gasteiger partial charge in [-0.3, -0.25) is 9.10 Å². The van der Waals surface area contributed by atoms with Crippen molar-refractivity contribution in [2.75, 3.05) is 23.7 Å². The number of rotatable bonds is 6. The van der Waals surface area contributed by atoms with Gasteiger partial charge in [-0.25, -0.2) is 12.8 Å². The second-order valence-corrected chi connectivity index (χ2v) is 8.29. The molecule has 0 spiro atoms. The summed E-state index contributed by atoms with van der Waals surface area (Å²) in [4.78, 5) is 12.6. The smallest absolute Gasteiger partial charge is 0.243 e. The molecule has 0 aromatic heterocycles. The normalized spacial score (nSPS) is 16.9. The van der Waals surface area contributed by atoms with E-state index < -0.39 is 33.9 Å². The number of fused-ring (bicyclic) bond motifs is 1. The Hall–Kier alpha value is -2.81. The maximum absolute atomic E-state index is 14.1. The van der Waals surface area contributed by atoms with Gasteiger partial charge in [-0.1, -0.05) is 24.3 Å². The number of carbonyl (C=O) groups excluding carboxylic acids is 1. The molecule has 0 fully saturated rings. The summed E-state index contributed by atoms with van der Waals surface area (Å²) in [6.45, 7) is 1.76. The van der Waals surface area contributed by atoms with Crippen molar-refractivity contribution >= 4 is 21.6 Å². The van der Waals surface area contributed by atoms with Crippen LogP contribution in [-0.2, 0) is 14.8 Å². The van der Waals surface area contributed by atoms with Crippen molar-refractivity contribution in [2.24, 2.45) is 0 Å². The number of sulfonamides is 1. The molecule has 3 rings (SSSR count). The summed E-state index contributed by atoms with van der Waals surface area (Å²) in [7, 11) is -3.89. The first-order valence-electron chi connectivity index (χ1n) is 8.67. The molecule has 7 nitrogen and oxygen atoms in total. The molecule has 1 heterocycles. The minimum Gasteiger partial charge on any atom is -0.486 e. The molecule has 0 bridgehead atoms. The summed E-state index contributed by atoms with van der Waals surface area (Å²) in [5, 5.41) is 2.65. The lowest BCUT2D eigenvalue weighted by molar-refractivity contribution is -0.122. The maximum atomic E-state index is 14.1. The first kappa shape index (κ1) is 19.9. The number of nitrogens with zero attached hydrogens (tertiary/aromatic N) is 1. The van der Waals surface area contributed by atoms with Gasteiger partial charge in [-0.15, -0.1) is 0 Å². The zero-order valence-electron chi connectivity index (χ0n) is 15.5. The van der Waals surface area contributed by atoms with Gasteiger partial charge in [0.1, 0.15) is 24.6 Å². The topological polar surface area (TPSA) is 84.9 Å². The number of benzene rings is 2. The highest BCUT2D eigenvalue weighted by Crippen LogP contribution is 2.30. The van der Waals surface area contributed by atoms with Gasteiger partial charge in [-0.05, 0) is 31.2 Å². The number of hydrogen-bond acceptors (Lipinski definition) is 5. The molecule has 1 aliphatic rings. The third-order valence-electron chi connectivity index (χ3n) is 4.25. The molecule has 2 aromatic carbocycles. The van der Waals surface area contributed by atoms with Crippen LogP contribution >= 0.6 is 0 Å². The maximum Gasteiger partial charge on any atom is 0.243 e. The van der Waals surface area contributed by atoms with E-state index >= 15 is 0 Å². The fourth-order valence-corrected chi connectivity index (χ4v) is 4.11. The van der Waals surface area contributed by atoms with Crippen LogP contribution in [0.1, 0.15) is 6.92 Å². The fourth-order valence-electron chi connectivity index (χ4n) is 2.94. The minimum atomic E-state index is -3.89. The summed E-state index contributed by atoms with van der Waals surface area (Å²) in [6.07, 6.45) is 0.504. The fraction of sp³-hybridized carbons (Fsp3) is 0.316. The van der Waals surface area contributed by atoms with Crippen LogP contribution in [0.3, 0.4) is 0 Å². The van der Waals surface area contributed by atoms with Crippen molar-refractivity contribution in [1.82, 2.24) is 5.32 Å². The first-order chi connectivity index (χ1) is 13.3. The third kappa shape index (κ3) is 4.36. The van der Waals surface area contributed by atoms with Crippen molar-refractivity contribution in [3.8, 4) is 11.5 Å². The van der Waals surface area contributed by atoms with Crippen LogP contribution in [-0.4, -0.2) is 45.9 Å². The van der Waals surface area contributed by atoms with E-state index in [0.717, 1.165) is 16.6 Å². The van der Waals surface area contributed by atoms with Crippen LogP contribution in [0.2, 0.25) is 0 Å². The minimum absolute atomic E-state index is 0.117. The lowest BCUT2D eigenvalue weighted by Gasteiger charge is -2.30. The predicted molar refractivity (Wildman–Crippen MR) is 103 cm³/mol. The monoisotopic (exact) mass is 408 g/mol. The lowest BCUT2D eigenvalue weighted by Crippen LogP contribution is -2.50. The van der Waals surface area contributed by atoms with Crippen LogP contribution in [0.15, 0.2) is 48.5 Å². The quantitative estimate of drug-likeness (QED) is 0.790. The molecule has 1 N–H and O–H groups in total. The van der Waals surface area contributed by atoms with Gasteiger partial charge in [0.2, 0.25) is 15.9 Å². The second kappa shape index (κ2) is 8.05. The number of carbonyl (C=O) groups is 1. The van der Waals surface area contributed by atoms with Gasteiger partial charge in [0, 0.05) is 0 Å². The summed E-state index contributed by atoms with van der Waals surface area (Å²) in [6, 6.07) is 11.4. The molecule has 0 saturated carbocycles. The third-order valence-corrected chi connectivity index (χ3v) is 5.48. The Morgan fingerprint density at radius 3 is 2.54 bits per heavy atom. The number of ether oxygens (including phenoxy) is 2. The van der Waals surface area contributed by atoms with E-state index in [1.807, 2.05) is 12.1 Å². The number of nitrogens with one attached hydrogen (secondary N) is 1. The Bertz CT molecular complexity index is 966. The Balaban J connectivity index is 1.68. The highest BCUT2D eigenvalue weighted by Gasteiger charge is 2.31. The average Bonchev–Trinajstić information content (AvgIpc) is 2.66. The molecule has 28 heavy (non-hydrogen) atoms. The molecule has 1 amide bonds. The van der Waals surface area contributed by atoms with Gasteiger partial charge >= 0.3 is 0 Å². The van der Waals surface area contributed by atoms with E-state index in [0.29, 0.717) is 11.5 Å². The molecule has 0 radical (unpaired) electrons. The van der Waals surface area contributed by atoms with Crippen molar-refractivity contribution in [3.05, 3.63) is 54.3 Å². The number of para-hydroxylation sites is 3. The molecule has 0 saturated heterocycles. The van der Waals surface area contributed by atoms with Crippen LogP contribution < -0.4 is 19.1 Å². The van der Waals surface area contributed by atoms with Crippen LogP contribution in [0.25, 0.3) is 0 Å². The number of hydrogen-bond donors (Lipinski definition) is 1. The molecule has 2 atom stereocenters. The summed E-state index contributed by atoms with van der Waals surface area (Å²) < 4.78 is 50.7. The van der Waals surface area contributed by atoms with E-state index in [1.54, 1.807) is 12.1 Å². The largest absolute Gasteiger partial charge is 0.486 e. The molecule has 0 unspecified atom stereocenters. The molecular formula is C19H21FN2O5S. The highest BCUT2D eigenvalue weighted by atomic mass is 32.2. The van der Waals surface area contributed by atoms with E-state index in [2.05, 4.69) is 5.32 Å². The van der Waals surface area contributed by atoms with E-state index in [4.69, 9.17) is 9.47 Å². The molecule has 0 aliphatic carbocycles. The highest BCUT2D eigenvalue weighted by molar-refractivity contribution is 7.92. The Morgan fingerprint density at radius 2 is 1.86 bits per heavy atom. The van der Waals surface area contributed by atoms with Gasteiger partial charge in [-0.2, -0.15) is 0 Å². The summed E-state index contributed by atoms with van der Waals surface area (Å²) in [5.41, 5.74) is -0.182. The molecule has 1 aliphatic heterocycles. The summed E-state index contributed by atoms with van der Waals surface area (Å²) >= 11 is 0. The van der Waals surface area contributed by atoms with Crippen molar-refractivity contribution < 1.29 is 27.1 Å². The van der Waals surface area contributed by atoms with E-state index in [1.165, 1.54) is 25.1 Å². The van der Waals surface area contributed by atoms with Crippen molar-refractivity contribution in [2.45, 2.75) is 19.1 Å². The summed E-state index contributed by atoms with van der Waals surface area (Å²) in [5.74, 6) is -0.101. The molecular weight excluding hydrogens is 387 g/mol. The molecule has 2 aromatic rings. The Kier molecular flexibility index (Phi) is 5.73. The lowest BCUT2D eigenvalue weighted by atomic mass is 10.2. The Morgan fingerprint density at radius 1 is 1.21 bits per heavy atom. The first-order valence-corrected chi connectivity index (χ1v) is 10.5. The van der Waals surface area contributed by atoms with Gasteiger partial charge in [0.05, 0.1) is 18.5 Å². The number of halogens is 1.